The van der Waals surface area contributed by atoms with Crippen molar-refractivity contribution < 1.29 is 9.50 Å². The number of phenolic OH excluding ortho intramolecular Hbond substituents is 1. The van der Waals surface area contributed by atoms with Crippen LogP contribution in [0.25, 0.3) is 0 Å². The van der Waals surface area contributed by atoms with E-state index < -0.39 is 6.17 Å². The summed E-state index contributed by atoms with van der Waals surface area (Å²) in [5, 5.41) is 9.04. The highest BCUT2D eigenvalue weighted by Gasteiger charge is 2.05. The van der Waals surface area contributed by atoms with Crippen molar-refractivity contribution in [3.05, 3.63) is 29.8 Å². The molecule has 0 radical (unpaired) electrons. The van der Waals surface area contributed by atoms with Gasteiger partial charge in [-0.1, -0.05) is 18.2 Å². The maximum atomic E-state index is 12.5. The Bertz CT molecular complexity index is 220. The third-order valence-electron chi connectivity index (χ3n) is 1.37. The van der Waals surface area contributed by atoms with Gasteiger partial charge in [-0.2, -0.15) is 0 Å². The van der Waals surface area contributed by atoms with Gasteiger partial charge in [0.05, 0.1) is 0 Å². The van der Waals surface area contributed by atoms with Crippen LogP contribution in [0.4, 0.5) is 4.39 Å². The van der Waals surface area contributed by atoms with E-state index in [9.17, 15) is 4.39 Å². The minimum Gasteiger partial charge on any atom is -0.508 e. The number of hydrogen-bond acceptors (Lipinski definition) is 1. The number of aromatic hydroxyl groups is 1. The van der Waals surface area contributed by atoms with E-state index in [1.807, 2.05) is 0 Å². The average Bonchev–Trinajstić information content (AvgIpc) is 1.88. The molecule has 0 aliphatic heterocycles. The lowest BCUT2D eigenvalue weighted by Gasteiger charge is -2.02. The van der Waals surface area contributed by atoms with Crippen LogP contribution in [0.5, 0.6) is 5.75 Å². The Morgan fingerprint density at radius 2 is 2.00 bits per heavy atom. The van der Waals surface area contributed by atoms with E-state index in [2.05, 4.69) is 0 Å². The molecule has 0 heterocycles. The van der Waals surface area contributed by atoms with Crippen molar-refractivity contribution in [1.82, 2.24) is 0 Å². The number of halogens is 1. The van der Waals surface area contributed by atoms with E-state index in [4.69, 9.17) is 5.11 Å². The molecule has 1 rings (SSSR count). The second-order valence-electron chi connectivity index (χ2n) is 2.17. The Kier molecular flexibility index (Phi) is 1.90. The summed E-state index contributed by atoms with van der Waals surface area (Å²) in [5.74, 6) is 0.0255. The highest BCUT2D eigenvalue weighted by molar-refractivity contribution is 5.33. The van der Waals surface area contributed by atoms with Crippen LogP contribution >= 0.6 is 0 Å². The first-order valence-corrected chi connectivity index (χ1v) is 3.14. The first kappa shape index (κ1) is 7.06. The molecule has 0 saturated carbocycles. The fourth-order valence-corrected chi connectivity index (χ4v) is 0.824. The van der Waals surface area contributed by atoms with Crippen molar-refractivity contribution in [2.75, 3.05) is 0 Å². The molecule has 2 heteroatoms. The normalized spacial score (nSPS) is 13.0. The Morgan fingerprint density at radius 3 is 2.40 bits per heavy atom. The van der Waals surface area contributed by atoms with E-state index in [0.29, 0.717) is 5.56 Å². The highest BCUT2D eigenvalue weighted by atomic mass is 19.1. The summed E-state index contributed by atoms with van der Waals surface area (Å²) < 4.78 is 12.5. The van der Waals surface area contributed by atoms with Crippen LogP contribution in [-0.4, -0.2) is 5.11 Å². The maximum Gasteiger partial charge on any atom is 0.126 e. The molecule has 0 aliphatic rings. The minimum atomic E-state index is -1.10. The van der Waals surface area contributed by atoms with E-state index in [-0.39, 0.29) is 5.75 Å². The molecule has 0 spiro atoms. The van der Waals surface area contributed by atoms with Gasteiger partial charge in [-0.3, -0.25) is 0 Å². The van der Waals surface area contributed by atoms with E-state index in [0.717, 1.165) is 0 Å². The van der Waals surface area contributed by atoms with Gasteiger partial charge in [-0.05, 0) is 13.0 Å². The molecule has 1 unspecified atom stereocenters. The molecule has 0 amide bonds. The molecular weight excluding hydrogens is 131 g/mol. The average molecular weight is 140 g/mol. The Labute approximate surface area is 59.1 Å². The van der Waals surface area contributed by atoms with Crippen LogP contribution in [-0.2, 0) is 0 Å². The molecule has 0 aromatic heterocycles. The standard InChI is InChI=1S/C8H9FO/c1-6(9)7-4-2-3-5-8(7)10/h2-6,10H,1H3. The topological polar surface area (TPSA) is 20.2 Å². The third kappa shape index (κ3) is 1.26. The van der Waals surface area contributed by atoms with Crippen molar-refractivity contribution in [2.45, 2.75) is 13.1 Å². The smallest absolute Gasteiger partial charge is 0.126 e. The van der Waals surface area contributed by atoms with Gasteiger partial charge in [0.15, 0.2) is 0 Å². The van der Waals surface area contributed by atoms with E-state index in [1.165, 1.54) is 13.0 Å². The SMILES string of the molecule is CC(F)c1ccccc1O. The fraction of sp³-hybridized carbons (Fsp3) is 0.250. The summed E-state index contributed by atoms with van der Waals surface area (Å²) in [6.07, 6.45) is -1.10. The lowest BCUT2D eigenvalue weighted by Crippen LogP contribution is -1.84. The second-order valence-corrected chi connectivity index (χ2v) is 2.17. The summed E-state index contributed by atoms with van der Waals surface area (Å²) in [6.45, 7) is 1.40. The molecule has 0 fully saturated rings. The molecule has 1 aromatic rings. The van der Waals surface area contributed by atoms with Gasteiger partial charge in [0.25, 0.3) is 0 Å². The number of rotatable bonds is 1. The van der Waals surface area contributed by atoms with E-state index >= 15 is 0 Å². The predicted octanol–water partition coefficient (Wildman–Crippen LogP) is 2.42. The van der Waals surface area contributed by atoms with Crippen LogP contribution in [0.3, 0.4) is 0 Å². The quantitative estimate of drug-likeness (QED) is 0.635. The molecule has 10 heavy (non-hydrogen) atoms. The van der Waals surface area contributed by atoms with Crippen LogP contribution < -0.4 is 0 Å². The van der Waals surface area contributed by atoms with Crippen molar-refractivity contribution in [3.8, 4) is 5.75 Å². The molecule has 1 nitrogen and oxygen atoms in total. The van der Waals surface area contributed by atoms with Gasteiger partial charge in [0.2, 0.25) is 0 Å². The van der Waals surface area contributed by atoms with Crippen molar-refractivity contribution in [1.29, 1.82) is 0 Å². The molecular formula is C8H9FO. The lowest BCUT2D eigenvalue weighted by atomic mass is 10.1. The van der Waals surface area contributed by atoms with Crippen molar-refractivity contribution in [3.63, 3.8) is 0 Å². The van der Waals surface area contributed by atoms with Gasteiger partial charge in [-0.25, -0.2) is 4.39 Å². The molecule has 1 N–H and O–H groups in total. The van der Waals surface area contributed by atoms with Crippen LogP contribution in [0.1, 0.15) is 18.7 Å². The Morgan fingerprint density at radius 1 is 1.40 bits per heavy atom. The van der Waals surface area contributed by atoms with Crippen molar-refractivity contribution >= 4 is 0 Å². The van der Waals surface area contributed by atoms with Gasteiger partial charge < -0.3 is 5.11 Å². The second kappa shape index (κ2) is 2.69. The number of para-hydroxylation sites is 1. The number of hydrogen-bond donors (Lipinski definition) is 1. The van der Waals surface area contributed by atoms with Gasteiger partial charge in [-0.15, -0.1) is 0 Å². The van der Waals surface area contributed by atoms with Crippen LogP contribution in [0.15, 0.2) is 24.3 Å². The first-order valence-electron chi connectivity index (χ1n) is 3.14. The molecule has 0 aliphatic carbocycles. The van der Waals surface area contributed by atoms with E-state index in [1.54, 1.807) is 18.2 Å². The van der Waals surface area contributed by atoms with Gasteiger partial charge >= 0.3 is 0 Å². The Balaban J connectivity index is 3.03. The molecule has 1 aromatic carbocycles. The third-order valence-corrected chi connectivity index (χ3v) is 1.37. The molecule has 1 atom stereocenters. The Hall–Kier alpha value is -1.05. The number of phenols is 1. The van der Waals surface area contributed by atoms with Crippen LogP contribution in [0.2, 0.25) is 0 Å². The van der Waals surface area contributed by atoms with Gasteiger partial charge in [0, 0.05) is 5.56 Å². The lowest BCUT2D eigenvalue weighted by molar-refractivity contribution is 0.356. The summed E-state index contributed by atoms with van der Waals surface area (Å²) in [5.41, 5.74) is 0.350. The van der Waals surface area contributed by atoms with Crippen LogP contribution in [0, 0.1) is 0 Å². The molecule has 54 valence electrons. The zero-order valence-corrected chi connectivity index (χ0v) is 5.71. The summed E-state index contributed by atoms with van der Waals surface area (Å²) in [4.78, 5) is 0. The van der Waals surface area contributed by atoms with Crippen molar-refractivity contribution in [2.24, 2.45) is 0 Å². The molecule has 0 saturated heterocycles. The predicted molar refractivity (Wildman–Crippen MR) is 37.6 cm³/mol. The highest BCUT2D eigenvalue weighted by Crippen LogP contribution is 2.25. The zero-order valence-electron chi connectivity index (χ0n) is 5.71. The summed E-state index contributed by atoms with van der Waals surface area (Å²) in [7, 11) is 0. The van der Waals surface area contributed by atoms with Gasteiger partial charge in [0.1, 0.15) is 11.9 Å². The minimum absolute atomic E-state index is 0.0255. The molecule has 0 bridgehead atoms. The monoisotopic (exact) mass is 140 g/mol. The fourth-order valence-electron chi connectivity index (χ4n) is 0.824. The number of alkyl halides is 1. The largest absolute Gasteiger partial charge is 0.508 e. The zero-order chi connectivity index (χ0) is 7.56. The summed E-state index contributed by atoms with van der Waals surface area (Å²) >= 11 is 0. The number of benzene rings is 1. The maximum absolute atomic E-state index is 12.5. The summed E-state index contributed by atoms with van der Waals surface area (Å²) in [6, 6.07) is 6.41. The first-order chi connectivity index (χ1) is 4.72.